The maximum Gasteiger partial charge on any atom is 0.186 e. The van der Waals surface area contributed by atoms with Gasteiger partial charge >= 0.3 is 0 Å². The Morgan fingerprint density at radius 1 is 0.851 bits per heavy atom. The van der Waals surface area contributed by atoms with Gasteiger partial charge in [-0.1, -0.05) is 41.0 Å². The number of ether oxygens (including phenoxy) is 3. The van der Waals surface area contributed by atoms with E-state index in [2.05, 4.69) is 34.6 Å². The predicted molar refractivity (Wildman–Crippen MR) is 173 cm³/mol. The van der Waals surface area contributed by atoms with E-state index in [4.69, 9.17) is 14.2 Å². The van der Waals surface area contributed by atoms with Crippen LogP contribution in [0.1, 0.15) is 92.4 Å². The van der Waals surface area contributed by atoms with Gasteiger partial charge in [0.2, 0.25) is 0 Å². The van der Waals surface area contributed by atoms with Gasteiger partial charge in [0.25, 0.3) is 0 Å². The van der Waals surface area contributed by atoms with Crippen LogP contribution in [0.5, 0.6) is 0 Å². The molecule has 0 spiro atoms. The van der Waals surface area contributed by atoms with E-state index in [1.54, 1.807) is 0 Å². The third-order valence-electron chi connectivity index (χ3n) is 14.3. The minimum Gasteiger partial charge on any atom is -0.394 e. The average molecular weight is 673 g/mol. The van der Waals surface area contributed by atoms with Gasteiger partial charge in [-0.3, -0.25) is 0 Å². The Kier molecular flexibility index (Phi) is 11.5. The lowest BCUT2D eigenvalue weighted by Crippen LogP contribution is -2.68. The molecular weight excluding hydrogens is 608 g/mol. The lowest BCUT2D eigenvalue weighted by atomic mass is 9.42. The summed E-state index contributed by atoms with van der Waals surface area (Å²) in [6.45, 7) is 10.7. The molecule has 47 heavy (non-hydrogen) atoms. The summed E-state index contributed by atoms with van der Waals surface area (Å²) in [4.78, 5) is 0. The van der Waals surface area contributed by atoms with Gasteiger partial charge < -0.3 is 55.1 Å². The molecule has 274 valence electrons. The molecule has 8 N–H and O–H groups in total. The number of aliphatic hydroxyl groups excluding tert-OH is 7. The predicted octanol–water partition coefficient (Wildman–Crippen LogP) is 1.58. The highest BCUT2D eigenvalue weighted by atomic mass is 16.7. The number of fused-ring (bicyclic) bond motifs is 5. The zero-order chi connectivity index (χ0) is 34.6. The van der Waals surface area contributed by atoms with Crippen LogP contribution in [0.2, 0.25) is 0 Å². The Hall–Kier alpha value is -0.440. The van der Waals surface area contributed by atoms with Crippen molar-refractivity contribution in [1.82, 2.24) is 0 Å². The zero-order valence-electron chi connectivity index (χ0n) is 29.3. The normalized spacial score (nSPS) is 50.1. The highest BCUT2D eigenvalue weighted by Gasteiger charge is 2.72. The second-order valence-electron chi connectivity index (χ2n) is 17.0. The van der Waals surface area contributed by atoms with Crippen molar-refractivity contribution in [2.24, 2.45) is 52.3 Å². The summed E-state index contributed by atoms with van der Waals surface area (Å²) in [5.74, 6) is -0.278. The molecule has 0 bridgehead atoms. The highest BCUT2D eigenvalue weighted by molar-refractivity contribution is 5.21. The van der Waals surface area contributed by atoms with Crippen molar-refractivity contribution in [3.8, 4) is 0 Å². The Labute approximate surface area is 280 Å². The van der Waals surface area contributed by atoms with Crippen molar-refractivity contribution in [3.63, 3.8) is 0 Å². The first-order valence-electron chi connectivity index (χ1n) is 18.3. The first-order valence-corrected chi connectivity index (χ1v) is 18.3. The summed E-state index contributed by atoms with van der Waals surface area (Å²) in [6, 6.07) is 0. The summed E-state index contributed by atoms with van der Waals surface area (Å²) < 4.78 is 16.8. The molecule has 11 heteroatoms. The van der Waals surface area contributed by atoms with E-state index in [1.807, 2.05) is 0 Å². The van der Waals surface area contributed by atoms with E-state index in [0.717, 1.165) is 32.1 Å². The van der Waals surface area contributed by atoms with Crippen LogP contribution >= 0.6 is 0 Å². The lowest BCUT2D eigenvalue weighted by Gasteiger charge is -2.65. The van der Waals surface area contributed by atoms with Crippen LogP contribution in [0.4, 0.5) is 0 Å². The lowest BCUT2D eigenvalue weighted by molar-refractivity contribution is -0.264. The van der Waals surface area contributed by atoms with Crippen molar-refractivity contribution in [2.75, 3.05) is 20.3 Å². The molecule has 0 amide bonds. The fourth-order valence-corrected chi connectivity index (χ4v) is 11.7. The van der Waals surface area contributed by atoms with Crippen molar-refractivity contribution in [2.45, 2.75) is 153 Å². The number of methoxy groups -OCH3 is 1. The fraction of sp³-hybridized carbons (Fsp3) is 1.00. The van der Waals surface area contributed by atoms with Crippen LogP contribution < -0.4 is 0 Å². The van der Waals surface area contributed by atoms with Crippen LogP contribution in [0.3, 0.4) is 0 Å². The monoisotopic (exact) mass is 672 g/mol. The first kappa shape index (κ1) is 37.8. The average Bonchev–Trinajstić information content (AvgIpc) is 3.40. The maximum atomic E-state index is 12.6. The fourth-order valence-electron chi connectivity index (χ4n) is 11.7. The van der Waals surface area contributed by atoms with Crippen LogP contribution in [0.25, 0.3) is 0 Å². The minimum atomic E-state index is -1.30. The van der Waals surface area contributed by atoms with Gasteiger partial charge in [-0.2, -0.15) is 0 Å². The van der Waals surface area contributed by atoms with Crippen molar-refractivity contribution in [1.29, 1.82) is 0 Å². The van der Waals surface area contributed by atoms with E-state index < -0.39 is 72.1 Å². The molecule has 5 rings (SSSR count). The summed E-state index contributed by atoms with van der Waals surface area (Å²) in [7, 11) is 1.41. The van der Waals surface area contributed by atoms with Crippen LogP contribution in [-0.2, 0) is 14.2 Å². The van der Waals surface area contributed by atoms with Gasteiger partial charge in [-0.05, 0) is 91.3 Å². The van der Waals surface area contributed by atoms with Gasteiger partial charge in [-0.15, -0.1) is 0 Å². The van der Waals surface area contributed by atoms with E-state index in [9.17, 15) is 40.9 Å². The minimum absolute atomic E-state index is 0.0685. The number of hydrogen-bond acceptors (Lipinski definition) is 11. The van der Waals surface area contributed by atoms with E-state index in [-0.39, 0.29) is 48.0 Å². The quantitative estimate of drug-likeness (QED) is 0.150. The van der Waals surface area contributed by atoms with Gasteiger partial charge in [0.1, 0.15) is 24.4 Å². The molecule has 1 heterocycles. The summed E-state index contributed by atoms with van der Waals surface area (Å²) in [5, 5.41) is 88.0. The standard InChI is InChI=1S/C36H64O11/c1-18(2)20(11-14-46-33-30(43)28(41)31(47-33)24(17-37)45-6)8-7-19(3)26-27(40)29(42)32-35(26,5)13-10-25-34(4)12-9-21(38)15-22(34)23(39)16-36(25,32)44/h18-33,37-44H,7-17H2,1-6H3/t19-,20-,21+,22?,23+,24-,25?,26+,27-,28?,29+,30?,31?,32?,33?,34+,35-,36+/m1/s1. The topological polar surface area (TPSA) is 190 Å². The second kappa shape index (κ2) is 14.3. The zero-order valence-corrected chi connectivity index (χ0v) is 29.3. The molecular formula is C36H64O11. The smallest absolute Gasteiger partial charge is 0.186 e. The van der Waals surface area contributed by atoms with Crippen LogP contribution in [0.15, 0.2) is 0 Å². The number of aliphatic hydroxyl groups is 8. The molecule has 4 saturated carbocycles. The van der Waals surface area contributed by atoms with E-state index in [0.29, 0.717) is 31.8 Å². The second-order valence-corrected chi connectivity index (χ2v) is 17.0. The molecule has 11 nitrogen and oxygen atoms in total. The van der Waals surface area contributed by atoms with Gasteiger partial charge in [-0.25, -0.2) is 0 Å². The number of rotatable bonds is 12. The van der Waals surface area contributed by atoms with Gasteiger partial charge in [0.05, 0.1) is 43.2 Å². The molecule has 5 aliphatic rings. The van der Waals surface area contributed by atoms with Crippen LogP contribution in [0, 0.1) is 52.3 Å². The molecule has 0 aromatic carbocycles. The van der Waals surface area contributed by atoms with Gasteiger partial charge in [0.15, 0.2) is 6.29 Å². The van der Waals surface area contributed by atoms with Crippen molar-refractivity contribution >= 4 is 0 Å². The molecule has 18 atom stereocenters. The Morgan fingerprint density at radius 3 is 2.17 bits per heavy atom. The molecule has 4 aliphatic carbocycles. The summed E-state index contributed by atoms with van der Waals surface area (Å²) >= 11 is 0. The highest BCUT2D eigenvalue weighted by Crippen LogP contribution is 2.69. The van der Waals surface area contributed by atoms with E-state index >= 15 is 0 Å². The maximum absolute atomic E-state index is 12.6. The Balaban J connectivity index is 1.23. The number of hydrogen-bond donors (Lipinski definition) is 8. The summed E-state index contributed by atoms with van der Waals surface area (Å²) in [6.07, 6.45) is -2.43. The van der Waals surface area contributed by atoms with Crippen molar-refractivity contribution in [3.05, 3.63) is 0 Å². The third-order valence-corrected chi connectivity index (χ3v) is 14.3. The third kappa shape index (κ3) is 6.47. The molecule has 0 radical (unpaired) electrons. The first-order chi connectivity index (χ1) is 22.0. The SMILES string of the molecule is CO[C@H](CO)C1OC(OCC[C@@H](CC[C@@H](C)[C@H]2[C@@H](O)[C@H](O)C3[C@]4(O)C[C@H](O)C5C[C@@H](O)CC[C@]5(C)C4CC[C@@]32C)C(C)C)C(O)C1O. The molecule has 0 aromatic rings. The molecule has 7 unspecified atom stereocenters. The van der Waals surface area contributed by atoms with Gasteiger partial charge in [0, 0.05) is 19.4 Å². The molecule has 1 saturated heterocycles. The van der Waals surface area contributed by atoms with E-state index in [1.165, 1.54) is 7.11 Å². The molecule has 5 fully saturated rings. The Bertz CT molecular complexity index is 1040. The van der Waals surface area contributed by atoms with Crippen molar-refractivity contribution < 1.29 is 55.1 Å². The Morgan fingerprint density at radius 2 is 1.53 bits per heavy atom. The largest absolute Gasteiger partial charge is 0.394 e. The molecule has 1 aliphatic heterocycles. The molecule has 0 aromatic heterocycles. The van der Waals surface area contributed by atoms with Crippen LogP contribution in [-0.4, -0.2) is 122 Å². The summed E-state index contributed by atoms with van der Waals surface area (Å²) in [5.41, 5.74) is -2.14.